The predicted octanol–water partition coefficient (Wildman–Crippen LogP) is 3.94. The Bertz CT molecular complexity index is 962. The first-order chi connectivity index (χ1) is 10.7. The molecule has 2 aromatic carbocycles. The van der Waals surface area contributed by atoms with Crippen LogP contribution in [0.5, 0.6) is 0 Å². The number of imidazole rings is 2. The zero-order chi connectivity index (χ0) is 15.1. The molecule has 4 heteroatoms. The molecule has 2 aromatic heterocycles. The first kappa shape index (κ1) is 12.8. The normalized spacial score (nSPS) is 11.2. The molecule has 0 aliphatic heterocycles. The molecule has 4 nitrogen and oxygen atoms in total. The number of fused-ring (bicyclic) bond motifs is 1. The molecule has 0 amide bonds. The van der Waals surface area contributed by atoms with Gasteiger partial charge in [0.25, 0.3) is 0 Å². The van der Waals surface area contributed by atoms with E-state index in [2.05, 4.69) is 58.3 Å². The number of hydrogen-bond donors (Lipinski definition) is 1. The van der Waals surface area contributed by atoms with Gasteiger partial charge in [0.1, 0.15) is 0 Å². The molecule has 0 unspecified atom stereocenters. The lowest BCUT2D eigenvalue weighted by molar-refractivity contribution is 0.948. The quantitative estimate of drug-likeness (QED) is 0.607. The number of benzene rings is 2. The number of aromatic nitrogens is 4. The van der Waals surface area contributed by atoms with Crippen LogP contribution in [0.1, 0.15) is 5.56 Å². The molecule has 0 fully saturated rings. The molecule has 0 saturated carbocycles. The Labute approximate surface area is 128 Å². The number of nitrogens with zero attached hydrogens (tertiary/aromatic N) is 3. The summed E-state index contributed by atoms with van der Waals surface area (Å²) in [4.78, 5) is 12.2. The van der Waals surface area contributed by atoms with E-state index in [9.17, 15) is 0 Å². The van der Waals surface area contributed by atoms with Gasteiger partial charge >= 0.3 is 0 Å². The molecule has 4 aromatic rings. The molecule has 0 bridgehead atoms. The van der Waals surface area contributed by atoms with Crippen molar-refractivity contribution in [3.63, 3.8) is 0 Å². The van der Waals surface area contributed by atoms with Crippen LogP contribution in [-0.2, 0) is 7.05 Å². The van der Waals surface area contributed by atoms with Crippen molar-refractivity contribution in [1.82, 2.24) is 19.5 Å². The van der Waals surface area contributed by atoms with Gasteiger partial charge in [0, 0.05) is 18.2 Å². The van der Waals surface area contributed by atoms with Gasteiger partial charge in [-0.25, -0.2) is 9.97 Å². The van der Waals surface area contributed by atoms with E-state index in [1.165, 1.54) is 5.56 Å². The van der Waals surface area contributed by atoms with Crippen molar-refractivity contribution in [3.05, 3.63) is 60.7 Å². The monoisotopic (exact) mass is 288 g/mol. The number of aryl methyl sites for hydroxylation is 2. The van der Waals surface area contributed by atoms with Crippen molar-refractivity contribution in [2.24, 2.45) is 7.05 Å². The number of H-pyrrole nitrogens is 1. The van der Waals surface area contributed by atoms with Crippen LogP contribution in [0.4, 0.5) is 0 Å². The summed E-state index contributed by atoms with van der Waals surface area (Å²) in [5.41, 5.74) is 7.60. The fraction of sp³-hybridized carbons (Fsp3) is 0.111. The van der Waals surface area contributed by atoms with Crippen LogP contribution >= 0.6 is 0 Å². The van der Waals surface area contributed by atoms with Crippen LogP contribution in [0.3, 0.4) is 0 Å². The topological polar surface area (TPSA) is 46.5 Å². The smallest absolute Gasteiger partial charge is 0.0961 e. The molecule has 108 valence electrons. The van der Waals surface area contributed by atoms with Crippen LogP contribution < -0.4 is 0 Å². The first-order valence-corrected chi connectivity index (χ1v) is 7.24. The molecular weight excluding hydrogens is 272 g/mol. The van der Waals surface area contributed by atoms with Gasteiger partial charge in [-0.2, -0.15) is 0 Å². The molecule has 4 rings (SSSR count). The SMILES string of the molecule is Cc1cccc(-c2nc[nH]c2-c2ccc3ncn(C)c3c2)c1. The van der Waals surface area contributed by atoms with E-state index in [1.54, 1.807) is 6.33 Å². The molecule has 0 aliphatic carbocycles. The highest BCUT2D eigenvalue weighted by Crippen LogP contribution is 2.30. The predicted molar refractivity (Wildman–Crippen MR) is 88.5 cm³/mol. The maximum absolute atomic E-state index is 4.52. The Hall–Kier alpha value is -2.88. The molecule has 0 aliphatic rings. The van der Waals surface area contributed by atoms with Crippen LogP contribution in [0.15, 0.2) is 55.1 Å². The van der Waals surface area contributed by atoms with Gasteiger partial charge in [-0.1, -0.05) is 29.8 Å². The zero-order valence-electron chi connectivity index (χ0n) is 12.5. The highest BCUT2D eigenvalue weighted by Gasteiger charge is 2.12. The van der Waals surface area contributed by atoms with Crippen molar-refractivity contribution in [3.8, 4) is 22.5 Å². The number of aromatic amines is 1. The average molecular weight is 288 g/mol. The van der Waals surface area contributed by atoms with Crippen LogP contribution in [-0.4, -0.2) is 19.5 Å². The Morgan fingerprint density at radius 3 is 2.77 bits per heavy atom. The van der Waals surface area contributed by atoms with Crippen molar-refractivity contribution in [2.75, 3.05) is 0 Å². The standard InChI is InChI=1S/C18H16N4/c1-12-4-3-5-13(8-12)17-18(20-10-19-17)14-6-7-15-16(9-14)22(2)11-21-15/h3-11H,1-2H3,(H,19,20). The lowest BCUT2D eigenvalue weighted by Gasteiger charge is -2.05. The minimum atomic E-state index is 0.977. The number of hydrogen-bond acceptors (Lipinski definition) is 2. The lowest BCUT2D eigenvalue weighted by Crippen LogP contribution is -1.87. The number of nitrogens with one attached hydrogen (secondary N) is 1. The minimum Gasteiger partial charge on any atom is -0.344 e. The third-order valence-corrected chi connectivity index (χ3v) is 3.94. The van der Waals surface area contributed by atoms with Crippen molar-refractivity contribution in [1.29, 1.82) is 0 Å². The van der Waals surface area contributed by atoms with Gasteiger partial charge < -0.3 is 9.55 Å². The first-order valence-electron chi connectivity index (χ1n) is 7.24. The molecule has 0 atom stereocenters. The van der Waals surface area contributed by atoms with Crippen molar-refractivity contribution < 1.29 is 0 Å². The summed E-state index contributed by atoms with van der Waals surface area (Å²) in [5.74, 6) is 0. The van der Waals surface area contributed by atoms with Crippen LogP contribution in [0.2, 0.25) is 0 Å². The Morgan fingerprint density at radius 2 is 1.91 bits per heavy atom. The molecular formula is C18H16N4. The molecule has 2 heterocycles. The zero-order valence-corrected chi connectivity index (χ0v) is 12.5. The third kappa shape index (κ3) is 2.00. The highest BCUT2D eigenvalue weighted by molar-refractivity contribution is 5.85. The van der Waals surface area contributed by atoms with Gasteiger partial charge in [0.05, 0.1) is 35.1 Å². The molecule has 0 spiro atoms. The van der Waals surface area contributed by atoms with Gasteiger partial charge in [-0.15, -0.1) is 0 Å². The third-order valence-electron chi connectivity index (χ3n) is 3.94. The molecule has 0 radical (unpaired) electrons. The van der Waals surface area contributed by atoms with Gasteiger partial charge in [-0.05, 0) is 25.1 Å². The fourth-order valence-corrected chi connectivity index (χ4v) is 2.81. The van der Waals surface area contributed by atoms with E-state index < -0.39 is 0 Å². The maximum Gasteiger partial charge on any atom is 0.0961 e. The summed E-state index contributed by atoms with van der Waals surface area (Å²) in [7, 11) is 2.01. The van der Waals surface area contributed by atoms with Gasteiger partial charge in [-0.3, -0.25) is 0 Å². The van der Waals surface area contributed by atoms with Crippen LogP contribution in [0, 0.1) is 6.92 Å². The summed E-state index contributed by atoms with van der Waals surface area (Å²) in [6.45, 7) is 2.09. The summed E-state index contributed by atoms with van der Waals surface area (Å²) in [6.07, 6.45) is 3.59. The Morgan fingerprint density at radius 1 is 1.00 bits per heavy atom. The van der Waals surface area contributed by atoms with E-state index in [-0.39, 0.29) is 0 Å². The number of rotatable bonds is 2. The lowest BCUT2D eigenvalue weighted by atomic mass is 10.0. The summed E-state index contributed by atoms with van der Waals surface area (Å²) in [5, 5.41) is 0. The molecule has 22 heavy (non-hydrogen) atoms. The van der Waals surface area contributed by atoms with E-state index >= 15 is 0 Å². The van der Waals surface area contributed by atoms with Crippen molar-refractivity contribution >= 4 is 11.0 Å². The molecule has 0 saturated heterocycles. The summed E-state index contributed by atoms with van der Waals surface area (Å²) in [6, 6.07) is 14.7. The summed E-state index contributed by atoms with van der Waals surface area (Å²) >= 11 is 0. The minimum absolute atomic E-state index is 0.977. The van der Waals surface area contributed by atoms with E-state index in [1.807, 2.05) is 24.0 Å². The largest absolute Gasteiger partial charge is 0.344 e. The second-order valence-electron chi connectivity index (χ2n) is 5.55. The Balaban J connectivity index is 1.89. The maximum atomic E-state index is 4.52. The van der Waals surface area contributed by atoms with Crippen molar-refractivity contribution in [2.45, 2.75) is 6.92 Å². The summed E-state index contributed by atoms with van der Waals surface area (Å²) < 4.78 is 2.03. The Kier molecular flexibility index (Phi) is 2.82. The van der Waals surface area contributed by atoms with Crippen LogP contribution in [0.25, 0.3) is 33.5 Å². The molecule has 1 N–H and O–H groups in total. The van der Waals surface area contributed by atoms with Gasteiger partial charge in [0.15, 0.2) is 0 Å². The van der Waals surface area contributed by atoms with E-state index in [0.29, 0.717) is 0 Å². The fourth-order valence-electron chi connectivity index (χ4n) is 2.81. The van der Waals surface area contributed by atoms with E-state index in [0.717, 1.165) is 33.5 Å². The van der Waals surface area contributed by atoms with Gasteiger partial charge in [0.2, 0.25) is 0 Å². The second-order valence-corrected chi connectivity index (χ2v) is 5.55. The average Bonchev–Trinajstić information content (AvgIpc) is 3.14. The highest BCUT2D eigenvalue weighted by atomic mass is 15.0. The second kappa shape index (κ2) is 4.84. The van der Waals surface area contributed by atoms with E-state index in [4.69, 9.17) is 0 Å².